The highest BCUT2D eigenvalue weighted by atomic mass is 16.5. The SMILES string of the molecule is Cc1cc(C)c(OCCNC(=O)N2CCN(C(=O)c3ccco3)CC2)c(C)c1. The summed E-state index contributed by atoms with van der Waals surface area (Å²) < 4.78 is 11.0. The van der Waals surface area contributed by atoms with Gasteiger partial charge in [-0.3, -0.25) is 4.79 Å². The molecule has 1 aliphatic rings. The second kappa shape index (κ2) is 8.82. The van der Waals surface area contributed by atoms with Crippen molar-refractivity contribution >= 4 is 11.9 Å². The third-order valence-electron chi connectivity index (χ3n) is 4.82. The lowest BCUT2D eigenvalue weighted by Crippen LogP contribution is -2.53. The van der Waals surface area contributed by atoms with Crippen LogP contribution in [0.3, 0.4) is 0 Å². The summed E-state index contributed by atoms with van der Waals surface area (Å²) in [5.41, 5.74) is 3.41. The maximum atomic E-state index is 12.3. The number of nitrogens with one attached hydrogen (secondary N) is 1. The van der Waals surface area contributed by atoms with Gasteiger partial charge in [0.1, 0.15) is 12.4 Å². The largest absolute Gasteiger partial charge is 0.491 e. The van der Waals surface area contributed by atoms with E-state index in [0.29, 0.717) is 45.1 Å². The number of aryl methyl sites for hydroxylation is 3. The van der Waals surface area contributed by atoms with Crippen molar-refractivity contribution in [3.05, 3.63) is 53.0 Å². The molecule has 3 rings (SSSR count). The fourth-order valence-corrected chi connectivity index (χ4v) is 3.49. The lowest BCUT2D eigenvalue weighted by molar-refractivity contribution is 0.0634. The Kier molecular flexibility index (Phi) is 6.23. The van der Waals surface area contributed by atoms with Gasteiger partial charge in [-0.2, -0.15) is 0 Å². The van der Waals surface area contributed by atoms with Gasteiger partial charge in [0, 0.05) is 26.2 Å². The van der Waals surface area contributed by atoms with Gasteiger partial charge >= 0.3 is 6.03 Å². The molecule has 1 saturated heterocycles. The van der Waals surface area contributed by atoms with E-state index in [1.54, 1.807) is 21.9 Å². The molecule has 28 heavy (non-hydrogen) atoms. The normalized spacial score (nSPS) is 14.1. The number of urea groups is 1. The van der Waals surface area contributed by atoms with E-state index in [-0.39, 0.29) is 11.9 Å². The molecule has 0 spiro atoms. The zero-order valence-corrected chi connectivity index (χ0v) is 16.7. The van der Waals surface area contributed by atoms with Crippen molar-refractivity contribution in [1.29, 1.82) is 0 Å². The average molecular weight is 385 g/mol. The molecule has 3 amide bonds. The molecule has 0 aliphatic carbocycles. The zero-order chi connectivity index (χ0) is 20.1. The molecule has 0 atom stereocenters. The van der Waals surface area contributed by atoms with Crippen molar-refractivity contribution in [1.82, 2.24) is 15.1 Å². The van der Waals surface area contributed by atoms with Crippen LogP contribution in [0.15, 0.2) is 34.9 Å². The van der Waals surface area contributed by atoms with E-state index in [1.165, 1.54) is 11.8 Å². The minimum absolute atomic E-state index is 0.133. The summed E-state index contributed by atoms with van der Waals surface area (Å²) in [6, 6.07) is 7.39. The molecule has 2 aromatic rings. The van der Waals surface area contributed by atoms with Crippen LogP contribution in [-0.2, 0) is 0 Å². The summed E-state index contributed by atoms with van der Waals surface area (Å²) in [5.74, 6) is 1.07. The summed E-state index contributed by atoms with van der Waals surface area (Å²) in [7, 11) is 0. The van der Waals surface area contributed by atoms with Crippen LogP contribution >= 0.6 is 0 Å². The van der Waals surface area contributed by atoms with Crippen molar-refractivity contribution in [3.8, 4) is 5.75 Å². The van der Waals surface area contributed by atoms with Gasteiger partial charge in [0.25, 0.3) is 5.91 Å². The summed E-state index contributed by atoms with van der Waals surface area (Å²) in [6.45, 7) is 8.92. The number of ether oxygens (including phenoxy) is 1. The van der Waals surface area contributed by atoms with E-state index in [1.807, 2.05) is 13.8 Å². The highest BCUT2D eigenvalue weighted by molar-refractivity contribution is 5.91. The monoisotopic (exact) mass is 385 g/mol. The minimum Gasteiger partial charge on any atom is -0.491 e. The van der Waals surface area contributed by atoms with E-state index in [9.17, 15) is 9.59 Å². The van der Waals surface area contributed by atoms with E-state index in [0.717, 1.165) is 16.9 Å². The topological polar surface area (TPSA) is 75.0 Å². The predicted octanol–water partition coefficient (Wildman–Crippen LogP) is 2.75. The zero-order valence-electron chi connectivity index (χ0n) is 16.7. The molecule has 0 unspecified atom stereocenters. The van der Waals surface area contributed by atoms with Crippen molar-refractivity contribution < 1.29 is 18.7 Å². The second-order valence-corrected chi connectivity index (χ2v) is 7.06. The first-order chi connectivity index (χ1) is 13.5. The number of hydrogen-bond donors (Lipinski definition) is 1. The molecule has 2 heterocycles. The lowest BCUT2D eigenvalue weighted by Gasteiger charge is -2.34. The van der Waals surface area contributed by atoms with E-state index < -0.39 is 0 Å². The average Bonchev–Trinajstić information content (AvgIpc) is 3.20. The van der Waals surface area contributed by atoms with Gasteiger partial charge in [-0.1, -0.05) is 17.7 Å². The van der Waals surface area contributed by atoms with Gasteiger partial charge < -0.3 is 24.3 Å². The molecule has 1 fully saturated rings. The lowest BCUT2D eigenvalue weighted by atomic mass is 10.1. The maximum absolute atomic E-state index is 12.3. The third kappa shape index (κ3) is 4.65. The first kappa shape index (κ1) is 19.8. The Morgan fingerprint density at radius 3 is 2.32 bits per heavy atom. The summed E-state index contributed by atoms with van der Waals surface area (Å²) in [6.07, 6.45) is 1.48. The van der Waals surface area contributed by atoms with Crippen LogP contribution in [-0.4, -0.2) is 61.1 Å². The number of carbonyl (C=O) groups excluding carboxylic acids is 2. The molecule has 0 radical (unpaired) electrons. The summed E-state index contributed by atoms with van der Waals surface area (Å²) in [5, 5.41) is 2.88. The highest BCUT2D eigenvalue weighted by Crippen LogP contribution is 2.24. The predicted molar refractivity (Wildman–Crippen MR) is 106 cm³/mol. The van der Waals surface area contributed by atoms with Crippen molar-refractivity contribution in [2.45, 2.75) is 20.8 Å². The highest BCUT2D eigenvalue weighted by Gasteiger charge is 2.25. The van der Waals surface area contributed by atoms with E-state index >= 15 is 0 Å². The number of amides is 3. The summed E-state index contributed by atoms with van der Waals surface area (Å²) >= 11 is 0. The molecule has 7 heteroatoms. The van der Waals surface area contributed by atoms with Crippen LogP contribution in [0.1, 0.15) is 27.2 Å². The molecule has 0 bridgehead atoms. The third-order valence-corrected chi connectivity index (χ3v) is 4.82. The molecule has 0 saturated carbocycles. The molecule has 1 aromatic heterocycles. The fourth-order valence-electron chi connectivity index (χ4n) is 3.49. The number of benzene rings is 1. The molecule has 150 valence electrons. The van der Waals surface area contributed by atoms with Gasteiger partial charge in [-0.05, 0) is 44.0 Å². The quantitative estimate of drug-likeness (QED) is 0.803. The second-order valence-electron chi connectivity index (χ2n) is 7.06. The molecule has 1 aromatic carbocycles. The van der Waals surface area contributed by atoms with Crippen molar-refractivity contribution in [2.24, 2.45) is 0 Å². The van der Waals surface area contributed by atoms with Crippen LogP contribution in [0, 0.1) is 20.8 Å². The van der Waals surface area contributed by atoms with Gasteiger partial charge in [0.2, 0.25) is 0 Å². The van der Waals surface area contributed by atoms with Gasteiger partial charge in [0.15, 0.2) is 5.76 Å². The van der Waals surface area contributed by atoms with Gasteiger partial charge in [-0.15, -0.1) is 0 Å². The van der Waals surface area contributed by atoms with Gasteiger partial charge in [-0.25, -0.2) is 4.79 Å². The fraction of sp³-hybridized carbons (Fsp3) is 0.429. The van der Waals surface area contributed by atoms with E-state index in [4.69, 9.17) is 9.15 Å². The van der Waals surface area contributed by atoms with Gasteiger partial charge in [0.05, 0.1) is 12.8 Å². The number of hydrogen-bond acceptors (Lipinski definition) is 4. The Hall–Kier alpha value is -2.96. The number of carbonyl (C=O) groups is 2. The van der Waals surface area contributed by atoms with Crippen LogP contribution in [0.5, 0.6) is 5.75 Å². The first-order valence-electron chi connectivity index (χ1n) is 9.52. The Labute approximate surface area is 165 Å². The smallest absolute Gasteiger partial charge is 0.317 e. The first-order valence-corrected chi connectivity index (χ1v) is 9.52. The Bertz CT molecular complexity index is 801. The van der Waals surface area contributed by atoms with Crippen molar-refractivity contribution in [3.63, 3.8) is 0 Å². The van der Waals surface area contributed by atoms with Crippen LogP contribution in [0.2, 0.25) is 0 Å². The summed E-state index contributed by atoms with van der Waals surface area (Å²) in [4.78, 5) is 28.0. The maximum Gasteiger partial charge on any atom is 0.317 e. The Balaban J connectivity index is 1.40. The van der Waals surface area contributed by atoms with Crippen LogP contribution in [0.4, 0.5) is 4.79 Å². The molecular formula is C21H27N3O4. The van der Waals surface area contributed by atoms with Crippen LogP contribution in [0.25, 0.3) is 0 Å². The molecule has 7 nitrogen and oxygen atoms in total. The van der Waals surface area contributed by atoms with Crippen molar-refractivity contribution in [2.75, 3.05) is 39.3 Å². The molecular weight excluding hydrogens is 358 g/mol. The number of piperazine rings is 1. The number of nitrogens with zero attached hydrogens (tertiary/aromatic N) is 2. The number of rotatable bonds is 5. The standard InChI is InChI=1S/C21H27N3O4/c1-15-13-16(2)19(17(3)14-15)28-12-6-22-21(26)24-9-7-23(8-10-24)20(25)18-5-4-11-27-18/h4-5,11,13-14H,6-10,12H2,1-3H3,(H,22,26). The molecule has 1 N–H and O–H groups in total. The number of furan rings is 1. The van der Waals surface area contributed by atoms with Crippen LogP contribution < -0.4 is 10.1 Å². The molecule has 1 aliphatic heterocycles. The Morgan fingerprint density at radius 1 is 1.07 bits per heavy atom. The minimum atomic E-state index is -0.137. The Morgan fingerprint density at radius 2 is 1.71 bits per heavy atom. The van der Waals surface area contributed by atoms with E-state index in [2.05, 4.69) is 24.4 Å².